The van der Waals surface area contributed by atoms with Crippen molar-refractivity contribution in [3.8, 4) is 0 Å². The van der Waals surface area contributed by atoms with Crippen molar-refractivity contribution < 1.29 is 42.7 Å². The van der Waals surface area contributed by atoms with Crippen molar-refractivity contribution in [3.05, 3.63) is 10.1 Å². The molecule has 0 radical (unpaired) electrons. The Kier molecular flexibility index (Phi) is 11.4. The minimum Gasteiger partial charge on any atom is -0.465 e. The number of aliphatic hydroxyl groups is 1. The molecule has 0 aromatic rings. The molecule has 0 spiro atoms. The van der Waals surface area contributed by atoms with Crippen molar-refractivity contribution in [2.45, 2.75) is 96.4 Å². The molecule has 3 unspecified atom stereocenters. The van der Waals surface area contributed by atoms with Crippen LogP contribution < -0.4 is 5.32 Å². The lowest BCUT2D eigenvalue weighted by atomic mass is 9.77. The lowest BCUT2D eigenvalue weighted by Gasteiger charge is -2.49. The molecule has 1 saturated carbocycles. The number of aliphatic hydroxyl groups excluding tert-OH is 1. The number of carbonyl (C=O) groups is 2. The number of hydrogen-bond donors (Lipinski definition) is 2. The molecule has 0 heterocycles. The highest BCUT2D eigenvalue weighted by Gasteiger charge is 2.72. The molecule has 5 atom stereocenters. The van der Waals surface area contributed by atoms with E-state index in [9.17, 15) is 29.4 Å². The number of ether oxygens (including phenoxy) is 2. The summed E-state index contributed by atoms with van der Waals surface area (Å²) in [5, 5.41) is 23.7. The van der Waals surface area contributed by atoms with Gasteiger partial charge in [0.05, 0.1) is 25.9 Å². The van der Waals surface area contributed by atoms with Gasteiger partial charge in [-0.15, -0.1) is 0 Å². The van der Waals surface area contributed by atoms with Crippen LogP contribution in [0.1, 0.15) is 60.8 Å². The van der Waals surface area contributed by atoms with Gasteiger partial charge in [0, 0.05) is 18.3 Å². The van der Waals surface area contributed by atoms with Gasteiger partial charge in [-0.05, 0) is 33.6 Å². The Morgan fingerprint density at radius 3 is 2.09 bits per heavy atom. The summed E-state index contributed by atoms with van der Waals surface area (Å²) in [5.74, 6) is -1.73. The second-order valence-electron chi connectivity index (χ2n) is 7.74. The highest BCUT2D eigenvalue weighted by molar-refractivity contribution is 7.57. The van der Waals surface area contributed by atoms with Crippen LogP contribution in [0, 0.1) is 10.1 Å². The van der Waals surface area contributed by atoms with E-state index in [-0.39, 0.29) is 19.8 Å². The van der Waals surface area contributed by atoms with Crippen LogP contribution in [0.3, 0.4) is 0 Å². The molecule has 12 nitrogen and oxygen atoms in total. The average molecular weight is 496 g/mol. The van der Waals surface area contributed by atoms with E-state index in [0.29, 0.717) is 12.8 Å². The number of amides is 1. The highest BCUT2D eigenvalue weighted by Crippen LogP contribution is 2.66. The number of nitrogens with one attached hydrogen (secondary N) is 1. The molecule has 2 N–H and O–H groups in total. The summed E-state index contributed by atoms with van der Waals surface area (Å²) in [7, 11) is -4.52. The fraction of sp³-hybridized carbons (Fsp3) is 0.900. The maximum absolute atomic E-state index is 14.0. The van der Waals surface area contributed by atoms with Gasteiger partial charge in [0.2, 0.25) is 17.1 Å². The lowest BCUT2D eigenvalue weighted by Crippen LogP contribution is -2.71. The van der Waals surface area contributed by atoms with E-state index in [4.69, 9.17) is 18.5 Å². The molecular weight excluding hydrogens is 459 g/mol. The fourth-order valence-corrected chi connectivity index (χ4v) is 6.57. The van der Waals surface area contributed by atoms with Crippen LogP contribution in [0.2, 0.25) is 0 Å². The summed E-state index contributed by atoms with van der Waals surface area (Å²) < 4.78 is 36.0. The van der Waals surface area contributed by atoms with Crippen LogP contribution in [0.4, 0.5) is 0 Å². The highest BCUT2D eigenvalue weighted by atomic mass is 31.2. The molecule has 13 heteroatoms. The van der Waals surface area contributed by atoms with E-state index in [1.54, 1.807) is 0 Å². The fourth-order valence-electron chi connectivity index (χ4n) is 4.19. The number of rotatable bonds is 13. The zero-order valence-electron chi connectivity index (χ0n) is 20.1. The minimum atomic E-state index is -4.52. The normalized spacial score (nSPS) is 27.9. The quantitative estimate of drug-likeness (QED) is 0.167. The molecule has 1 fully saturated rings. The Morgan fingerprint density at radius 1 is 1.15 bits per heavy atom. The van der Waals surface area contributed by atoms with Crippen molar-refractivity contribution in [2.75, 3.05) is 19.8 Å². The summed E-state index contributed by atoms with van der Waals surface area (Å²) in [6, 6.07) is -2.94. The molecule has 0 bridgehead atoms. The van der Waals surface area contributed by atoms with Crippen molar-refractivity contribution in [1.82, 2.24) is 5.32 Å². The monoisotopic (exact) mass is 496 g/mol. The molecule has 1 aliphatic carbocycles. The molecule has 192 valence electrons. The maximum atomic E-state index is 14.0. The van der Waals surface area contributed by atoms with Crippen molar-refractivity contribution in [3.63, 3.8) is 0 Å². The van der Waals surface area contributed by atoms with Crippen LogP contribution in [0.25, 0.3) is 0 Å². The number of hydrogen-bond acceptors (Lipinski definition) is 10. The van der Waals surface area contributed by atoms with E-state index < -0.39 is 66.4 Å². The topological polar surface area (TPSA) is 164 Å². The molecule has 33 heavy (non-hydrogen) atoms. The number of carbonyl (C=O) groups excluding carboxylic acids is 2. The summed E-state index contributed by atoms with van der Waals surface area (Å²) in [5.41, 5.74) is 0. The third kappa shape index (κ3) is 6.10. The van der Waals surface area contributed by atoms with Crippen LogP contribution in [-0.4, -0.2) is 77.3 Å². The molecule has 0 aromatic heterocycles. The number of esters is 1. The predicted molar refractivity (Wildman–Crippen MR) is 118 cm³/mol. The van der Waals surface area contributed by atoms with Gasteiger partial charge in [0.25, 0.3) is 0 Å². The van der Waals surface area contributed by atoms with Gasteiger partial charge >= 0.3 is 13.6 Å². The average Bonchev–Trinajstić information content (AvgIpc) is 2.73. The Labute approximate surface area is 194 Å². The molecule has 1 amide bonds. The van der Waals surface area contributed by atoms with Crippen molar-refractivity contribution in [2.24, 2.45) is 0 Å². The second-order valence-corrected chi connectivity index (χ2v) is 10.1. The van der Waals surface area contributed by atoms with Gasteiger partial charge in [0.15, 0.2) is 0 Å². The van der Waals surface area contributed by atoms with Gasteiger partial charge in [-0.3, -0.25) is 24.3 Å². The van der Waals surface area contributed by atoms with Crippen LogP contribution in [-0.2, 0) is 32.7 Å². The second kappa shape index (κ2) is 12.8. The molecular formula is C20H37N2O10P. The van der Waals surface area contributed by atoms with Gasteiger partial charge in [-0.2, -0.15) is 0 Å². The summed E-state index contributed by atoms with van der Waals surface area (Å²) in [4.78, 5) is 36.6. The summed E-state index contributed by atoms with van der Waals surface area (Å²) >= 11 is 0. The van der Waals surface area contributed by atoms with Crippen molar-refractivity contribution in [1.29, 1.82) is 0 Å². The molecule has 0 aliphatic heterocycles. The van der Waals surface area contributed by atoms with Crippen LogP contribution in [0.15, 0.2) is 0 Å². The lowest BCUT2D eigenvalue weighted by molar-refractivity contribution is -0.535. The van der Waals surface area contributed by atoms with Gasteiger partial charge < -0.3 is 28.9 Å². The zero-order valence-corrected chi connectivity index (χ0v) is 21.0. The van der Waals surface area contributed by atoms with Gasteiger partial charge in [0.1, 0.15) is 18.2 Å². The first-order chi connectivity index (χ1) is 15.5. The zero-order chi connectivity index (χ0) is 25.4. The molecule has 1 aliphatic rings. The van der Waals surface area contributed by atoms with Crippen LogP contribution in [0.5, 0.6) is 0 Å². The Morgan fingerprint density at radius 2 is 1.70 bits per heavy atom. The first-order valence-electron chi connectivity index (χ1n) is 11.3. The van der Waals surface area contributed by atoms with Crippen LogP contribution >= 0.6 is 7.60 Å². The van der Waals surface area contributed by atoms with E-state index in [2.05, 4.69) is 5.32 Å². The summed E-state index contributed by atoms with van der Waals surface area (Å²) in [6.45, 7) is 8.93. The minimum absolute atomic E-state index is 0.137. The first kappa shape index (κ1) is 29.4. The van der Waals surface area contributed by atoms with Gasteiger partial charge in [-0.25, -0.2) is 0 Å². The molecule has 0 aromatic carbocycles. The Balaban J connectivity index is 3.86. The summed E-state index contributed by atoms with van der Waals surface area (Å²) in [6.07, 6.45) is -3.56. The first-order valence-corrected chi connectivity index (χ1v) is 12.8. The van der Waals surface area contributed by atoms with E-state index in [1.165, 1.54) is 27.7 Å². The Bertz CT molecular complexity index is 722. The van der Waals surface area contributed by atoms with E-state index in [1.807, 2.05) is 13.8 Å². The molecule has 0 saturated heterocycles. The predicted octanol–water partition coefficient (Wildman–Crippen LogP) is 2.04. The number of nitro groups is 1. The number of nitrogens with zero attached hydrogens (tertiary/aromatic N) is 1. The van der Waals surface area contributed by atoms with Crippen molar-refractivity contribution >= 4 is 19.5 Å². The van der Waals surface area contributed by atoms with E-state index >= 15 is 0 Å². The molecule has 1 rings (SSSR count). The third-order valence-corrected chi connectivity index (χ3v) is 8.51. The standard InChI is InChI=1S/C20H37N2O10P/c1-7-14(8-2)32-17-16(21-13(6)23)15(22(26)27)12-20(18(17)24,19(25)29-9-3)33(28,30-10-4)31-11-5/h14-18,24H,7-12H2,1-6H3,(H,21,23)/t15?,16-,17+,18?,20?/m1/s1. The maximum Gasteiger partial charge on any atom is 0.351 e. The SMILES string of the molecule is CCOC(=O)C1(P(=O)(OCC)OCC)CC([N+](=O)[O-])[C@@H](NC(C)=O)[C@H](OC(CC)CC)C1O. The Hall–Kier alpha value is -1.59. The smallest absolute Gasteiger partial charge is 0.351 e. The van der Waals surface area contributed by atoms with E-state index in [0.717, 1.165) is 0 Å². The largest absolute Gasteiger partial charge is 0.465 e. The third-order valence-electron chi connectivity index (χ3n) is 5.71. The van der Waals surface area contributed by atoms with Gasteiger partial charge in [-0.1, -0.05) is 13.8 Å².